The van der Waals surface area contributed by atoms with Crippen LogP contribution in [0, 0.1) is 25.7 Å². The first-order chi connectivity index (χ1) is 18.5. The fourth-order valence-corrected chi connectivity index (χ4v) is 8.60. The molecule has 2 bridgehead atoms. The van der Waals surface area contributed by atoms with Gasteiger partial charge in [0.15, 0.2) is 10.1 Å². The summed E-state index contributed by atoms with van der Waals surface area (Å²) >= 11 is 51.6. The molecular weight excluding hydrogens is 688 g/mol. The Balaban J connectivity index is 1.61. The standard InChI is InChI=1S/C26H16Cl8N2O4/c1-10-3-4-12(7-11(10)2)16(37)9-35(21(38)13-5-6-14(27)15(28)8-13)36-22(39)17-18(23(36)40)25(32)20(30)19(29)24(17,31)26(25,33)34/h3-8,17-18H,9H2,1-2H3/t17-,18-,24-,25-/m1/s1. The second-order valence-electron chi connectivity index (χ2n) is 9.78. The largest absolute Gasteiger partial charge is 0.292 e. The summed E-state index contributed by atoms with van der Waals surface area (Å²) in [5, 5.41) is 0.891. The van der Waals surface area contributed by atoms with Crippen LogP contribution in [-0.2, 0) is 9.59 Å². The van der Waals surface area contributed by atoms with Gasteiger partial charge >= 0.3 is 0 Å². The lowest BCUT2D eigenvalue weighted by Crippen LogP contribution is -2.56. The number of hydrazine groups is 1. The van der Waals surface area contributed by atoms with E-state index in [1.54, 1.807) is 18.2 Å². The molecule has 4 atom stereocenters. The number of nitrogens with zero attached hydrogens (tertiary/aromatic N) is 2. The van der Waals surface area contributed by atoms with Gasteiger partial charge in [-0.25, -0.2) is 5.01 Å². The number of fused-ring (bicyclic) bond motifs is 5. The second-order valence-corrected chi connectivity index (χ2v) is 13.9. The highest BCUT2D eigenvalue weighted by Gasteiger charge is 2.88. The Morgan fingerprint density at radius 1 is 0.775 bits per heavy atom. The Morgan fingerprint density at radius 2 is 1.30 bits per heavy atom. The van der Waals surface area contributed by atoms with Crippen LogP contribution in [0.4, 0.5) is 0 Å². The highest BCUT2D eigenvalue weighted by molar-refractivity contribution is 6.66. The maximum Gasteiger partial charge on any atom is 0.273 e. The molecule has 210 valence electrons. The maximum absolute atomic E-state index is 14.0. The van der Waals surface area contributed by atoms with Gasteiger partial charge in [0.25, 0.3) is 17.7 Å². The van der Waals surface area contributed by atoms with E-state index >= 15 is 0 Å². The zero-order valence-electron chi connectivity index (χ0n) is 20.4. The van der Waals surface area contributed by atoms with Crippen LogP contribution in [0.3, 0.4) is 0 Å². The van der Waals surface area contributed by atoms with E-state index in [9.17, 15) is 19.2 Å². The molecule has 2 aromatic carbocycles. The average Bonchev–Trinajstić information content (AvgIpc) is 3.28. The molecule has 5 rings (SSSR count). The second kappa shape index (κ2) is 9.92. The summed E-state index contributed by atoms with van der Waals surface area (Å²) in [5.74, 6) is -6.42. The maximum atomic E-state index is 14.0. The normalized spacial score (nSPS) is 28.4. The summed E-state index contributed by atoms with van der Waals surface area (Å²) in [6.07, 6.45) is 0. The van der Waals surface area contributed by atoms with E-state index in [1.807, 2.05) is 13.8 Å². The first-order valence-corrected chi connectivity index (χ1v) is 14.6. The molecule has 2 aliphatic carbocycles. The van der Waals surface area contributed by atoms with Crippen LogP contribution in [-0.4, -0.2) is 54.1 Å². The highest BCUT2D eigenvalue weighted by Crippen LogP contribution is 2.77. The van der Waals surface area contributed by atoms with E-state index in [4.69, 9.17) is 92.8 Å². The Hall–Kier alpha value is -1.22. The summed E-state index contributed by atoms with van der Waals surface area (Å²) < 4.78 is -2.15. The monoisotopic (exact) mass is 700 g/mol. The van der Waals surface area contributed by atoms with E-state index < -0.39 is 56.0 Å². The molecule has 1 saturated heterocycles. The number of hydrogen-bond donors (Lipinski definition) is 0. The Morgan fingerprint density at radius 3 is 1.80 bits per heavy atom. The number of Topliss-reactive ketones (excluding diaryl/α,β-unsaturated/α-hetero) is 1. The molecule has 3 aliphatic rings. The SMILES string of the molecule is Cc1ccc(C(=O)CN(C(=O)c2ccc(Cl)c(Cl)c2)N2C(=O)[C@H]3[C@H](C2=O)[C@@]2(Cl)C(Cl)=C(Cl)[C@@]3(Cl)C2(Cl)Cl)cc1C. The number of benzene rings is 2. The molecule has 6 nitrogen and oxygen atoms in total. The lowest BCUT2D eigenvalue weighted by molar-refractivity contribution is -0.154. The van der Waals surface area contributed by atoms with Crippen LogP contribution in [0.2, 0.25) is 10.0 Å². The number of amides is 3. The number of allylic oxidation sites excluding steroid dienone is 2. The zero-order chi connectivity index (χ0) is 29.7. The van der Waals surface area contributed by atoms with Crippen molar-refractivity contribution in [3.05, 3.63) is 78.8 Å². The van der Waals surface area contributed by atoms with Crippen molar-refractivity contribution >= 4 is 116 Å². The Bertz CT molecular complexity index is 1530. The van der Waals surface area contributed by atoms with Gasteiger partial charge in [0, 0.05) is 11.1 Å². The van der Waals surface area contributed by atoms with Gasteiger partial charge in [0.1, 0.15) is 16.3 Å². The van der Waals surface area contributed by atoms with Gasteiger partial charge in [0.05, 0.1) is 31.9 Å². The van der Waals surface area contributed by atoms with Gasteiger partial charge < -0.3 is 0 Å². The van der Waals surface area contributed by atoms with Crippen molar-refractivity contribution in [1.29, 1.82) is 0 Å². The van der Waals surface area contributed by atoms with Gasteiger partial charge in [-0.15, -0.1) is 23.2 Å². The summed E-state index contributed by atoms with van der Waals surface area (Å²) in [7, 11) is 0. The minimum Gasteiger partial charge on any atom is -0.292 e. The van der Waals surface area contributed by atoms with Crippen LogP contribution in [0.15, 0.2) is 46.5 Å². The van der Waals surface area contributed by atoms with Gasteiger partial charge in [-0.2, -0.15) is 5.01 Å². The summed E-state index contributed by atoms with van der Waals surface area (Å²) in [5.41, 5.74) is 1.98. The molecule has 0 spiro atoms. The molecule has 14 heteroatoms. The predicted octanol–water partition coefficient (Wildman–Crippen LogP) is 7.30. The fourth-order valence-electron chi connectivity index (χ4n) is 5.37. The number of carbonyl (C=O) groups is 4. The van der Waals surface area contributed by atoms with Crippen molar-refractivity contribution in [1.82, 2.24) is 10.0 Å². The van der Waals surface area contributed by atoms with Crippen LogP contribution < -0.4 is 0 Å². The Labute approximate surface area is 268 Å². The van der Waals surface area contributed by atoms with Crippen LogP contribution in [0.5, 0.6) is 0 Å². The fraction of sp³-hybridized carbons (Fsp3) is 0.308. The molecule has 0 N–H and O–H groups in total. The number of rotatable bonds is 5. The Kier molecular flexibility index (Phi) is 7.50. The number of alkyl halides is 4. The molecule has 1 aliphatic heterocycles. The van der Waals surface area contributed by atoms with E-state index in [-0.39, 0.29) is 31.2 Å². The van der Waals surface area contributed by atoms with Crippen LogP contribution >= 0.6 is 92.8 Å². The van der Waals surface area contributed by atoms with E-state index in [0.29, 0.717) is 10.0 Å². The van der Waals surface area contributed by atoms with Crippen molar-refractivity contribution in [2.75, 3.05) is 6.54 Å². The topological polar surface area (TPSA) is 74.8 Å². The third-order valence-corrected chi connectivity index (χ3v) is 12.6. The molecule has 40 heavy (non-hydrogen) atoms. The van der Waals surface area contributed by atoms with Crippen molar-refractivity contribution in [3.63, 3.8) is 0 Å². The first-order valence-electron chi connectivity index (χ1n) is 11.6. The number of aryl methyl sites for hydroxylation is 2. The quantitative estimate of drug-likeness (QED) is 0.186. The van der Waals surface area contributed by atoms with Crippen molar-refractivity contribution in [2.45, 2.75) is 27.9 Å². The minimum absolute atomic E-state index is 0.0400. The van der Waals surface area contributed by atoms with Gasteiger partial charge in [-0.1, -0.05) is 81.7 Å². The predicted molar refractivity (Wildman–Crippen MR) is 157 cm³/mol. The lowest BCUT2D eigenvalue weighted by Gasteiger charge is -2.36. The summed E-state index contributed by atoms with van der Waals surface area (Å²) in [6, 6.07) is 8.91. The summed E-state index contributed by atoms with van der Waals surface area (Å²) in [4.78, 5) is 51.0. The molecule has 3 amide bonds. The molecule has 1 saturated carbocycles. The molecule has 0 aromatic heterocycles. The van der Waals surface area contributed by atoms with E-state index in [0.717, 1.165) is 11.1 Å². The molecule has 1 heterocycles. The smallest absolute Gasteiger partial charge is 0.273 e. The van der Waals surface area contributed by atoms with Crippen molar-refractivity contribution in [3.8, 4) is 0 Å². The number of halogens is 8. The van der Waals surface area contributed by atoms with Crippen molar-refractivity contribution < 1.29 is 19.2 Å². The number of imide groups is 1. The molecule has 0 unspecified atom stereocenters. The molecule has 2 aromatic rings. The highest BCUT2D eigenvalue weighted by atomic mass is 35.5. The lowest BCUT2D eigenvalue weighted by atomic mass is 9.84. The zero-order valence-corrected chi connectivity index (χ0v) is 26.4. The number of ketones is 1. The average molecular weight is 704 g/mol. The van der Waals surface area contributed by atoms with Gasteiger partial charge in [-0.05, 0) is 49.2 Å². The summed E-state index contributed by atoms with van der Waals surface area (Å²) in [6.45, 7) is 2.99. The molecular formula is C26H16Cl8N2O4. The van der Waals surface area contributed by atoms with E-state index in [2.05, 4.69) is 0 Å². The van der Waals surface area contributed by atoms with Crippen molar-refractivity contribution in [2.24, 2.45) is 11.8 Å². The molecule has 0 radical (unpaired) electrons. The van der Waals surface area contributed by atoms with Crippen LogP contribution in [0.25, 0.3) is 0 Å². The van der Waals surface area contributed by atoms with Gasteiger partial charge in [0.2, 0.25) is 0 Å². The number of hydrogen-bond acceptors (Lipinski definition) is 4. The first kappa shape index (κ1) is 30.2. The van der Waals surface area contributed by atoms with Gasteiger partial charge in [-0.3, -0.25) is 19.2 Å². The molecule has 2 fully saturated rings. The van der Waals surface area contributed by atoms with E-state index in [1.165, 1.54) is 18.2 Å². The van der Waals surface area contributed by atoms with Crippen LogP contribution in [0.1, 0.15) is 31.8 Å². The number of carbonyl (C=O) groups excluding carboxylic acids is 4. The minimum atomic E-state index is -2.15. The third-order valence-electron chi connectivity index (χ3n) is 7.65. The third kappa shape index (κ3) is 3.84.